The number of halogens is 2. The molecular formula is C40H30BrClN2O5. The minimum atomic E-state index is -1.47. The molecule has 7 nitrogen and oxygen atoms in total. The van der Waals surface area contributed by atoms with Crippen LogP contribution >= 0.6 is 27.5 Å². The molecular weight excluding hydrogens is 704 g/mol. The zero-order valence-corrected chi connectivity index (χ0v) is 28.5. The molecule has 2 aliphatic carbocycles. The lowest BCUT2D eigenvalue weighted by Gasteiger charge is -2.50. The summed E-state index contributed by atoms with van der Waals surface area (Å²) in [6, 6.07) is 28.0. The van der Waals surface area contributed by atoms with Crippen LogP contribution in [0.4, 0.5) is 11.4 Å². The highest BCUT2D eigenvalue weighted by Crippen LogP contribution is 2.65. The number of phenolic OH excluding ortho intramolecular Hbond substituents is 1. The van der Waals surface area contributed by atoms with Crippen LogP contribution in [0.15, 0.2) is 120 Å². The van der Waals surface area contributed by atoms with Gasteiger partial charge in [0.1, 0.15) is 5.75 Å². The number of fused-ring (bicyclic) bond motifs is 4. The molecule has 0 unspecified atom stereocenters. The average Bonchev–Trinajstić information content (AvgIpc) is 3.50. The number of hydrogen-bond donors (Lipinski definition) is 1. The Bertz CT molecular complexity index is 2110. The van der Waals surface area contributed by atoms with Crippen LogP contribution in [0.3, 0.4) is 0 Å². The fourth-order valence-corrected chi connectivity index (χ4v) is 9.42. The normalized spacial score (nSPS) is 27.5. The molecule has 4 amide bonds. The van der Waals surface area contributed by atoms with Crippen molar-refractivity contribution in [1.29, 1.82) is 0 Å². The van der Waals surface area contributed by atoms with Gasteiger partial charge in [-0.15, -0.1) is 0 Å². The molecule has 3 fully saturated rings. The summed E-state index contributed by atoms with van der Waals surface area (Å²) in [7, 11) is 0. The van der Waals surface area contributed by atoms with Crippen molar-refractivity contribution in [2.24, 2.45) is 23.7 Å². The Labute approximate surface area is 296 Å². The second-order valence-corrected chi connectivity index (χ2v) is 14.5. The molecule has 0 spiro atoms. The van der Waals surface area contributed by atoms with E-state index in [0.717, 1.165) is 11.1 Å². The molecule has 0 bridgehead atoms. The van der Waals surface area contributed by atoms with Crippen LogP contribution in [0, 0.1) is 23.7 Å². The quantitative estimate of drug-likeness (QED) is 0.167. The lowest BCUT2D eigenvalue weighted by molar-refractivity contribution is -0.127. The van der Waals surface area contributed by atoms with Gasteiger partial charge in [0.2, 0.25) is 23.6 Å². The number of allylic oxidation sites excluding steroid dienone is 2. The third kappa shape index (κ3) is 4.53. The largest absolute Gasteiger partial charge is 0.508 e. The maximum absolute atomic E-state index is 15.3. The van der Waals surface area contributed by atoms with Crippen LogP contribution in [0.1, 0.15) is 35.4 Å². The van der Waals surface area contributed by atoms with Gasteiger partial charge in [-0.25, -0.2) is 4.90 Å². The SMILES string of the molecule is C=Cc1ccc(N2C(=O)[C@H]3[C@H](CC=C4[C@H]3C[C@H]3C(=O)N(c5cccc(Cl)c5)C(=O)[C@@]3(c3ccccc3)[C@H]4c3cc(Br)ccc3O)C2=O)cc1. The first kappa shape index (κ1) is 31.5. The highest BCUT2D eigenvalue weighted by molar-refractivity contribution is 9.10. The van der Waals surface area contributed by atoms with Crippen LogP contribution in [0.5, 0.6) is 5.75 Å². The Morgan fingerprint density at radius 1 is 0.816 bits per heavy atom. The first-order valence-corrected chi connectivity index (χ1v) is 17.3. The smallest absolute Gasteiger partial charge is 0.246 e. The van der Waals surface area contributed by atoms with Crippen LogP contribution < -0.4 is 9.80 Å². The molecule has 4 aromatic carbocycles. The maximum Gasteiger partial charge on any atom is 0.246 e. The Morgan fingerprint density at radius 3 is 2.29 bits per heavy atom. The highest BCUT2D eigenvalue weighted by Gasteiger charge is 2.70. The summed E-state index contributed by atoms with van der Waals surface area (Å²) in [5, 5.41) is 11.9. The number of imide groups is 2. The van der Waals surface area contributed by atoms with Crippen molar-refractivity contribution in [3.63, 3.8) is 0 Å². The number of hydrogen-bond acceptors (Lipinski definition) is 5. The van der Waals surface area contributed by atoms with Crippen LogP contribution in [-0.4, -0.2) is 28.7 Å². The minimum Gasteiger partial charge on any atom is -0.508 e. The third-order valence-corrected chi connectivity index (χ3v) is 11.6. The second-order valence-electron chi connectivity index (χ2n) is 13.1. The summed E-state index contributed by atoms with van der Waals surface area (Å²) in [6.07, 6.45) is 4.12. The first-order valence-electron chi connectivity index (χ1n) is 16.1. The Morgan fingerprint density at radius 2 is 1.57 bits per heavy atom. The summed E-state index contributed by atoms with van der Waals surface area (Å²) in [5.41, 5.74) is 2.08. The van der Waals surface area contributed by atoms with Crippen molar-refractivity contribution in [2.75, 3.05) is 9.80 Å². The fourth-order valence-electron chi connectivity index (χ4n) is 8.86. The topological polar surface area (TPSA) is 95.0 Å². The third-order valence-electron chi connectivity index (χ3n) is 10.9. The molecule has 4 aliphatic rings. The number of benzene rings is 4. The van der Waals surface area contributed by atoms with Gasteiger partial charge in [0, 0.05) is 21.0 Å². The van der Waals surface area contributed by atoms with Crippen LogP contribution in [0.25, 0.3) is 6.08 Å². The molecule has 1 N–H and O–H groups in total. The lowest BCUT2D eigenvalue weighted by Crippen LogP contribution is -2.53. The summed E-state index contributed by atoms with van der Waals surface area (Å²) >= 11 is 9.95. The van der Waals surface area contributed by atoms with Gasteiger partial charge in [-0.05, 0) is 78.4 Å². The van der Waals surface area contributed by atoms with E-state index in [4.69, 9.17) is 11.6 Å². The predicted octanol–water partition coefficient (Wildman–Crippen LogP) is 7.82. The molecule has 2 aliphatic heterocycles. The van der Waals surface area contributed by atoms with Crippen LogP contribution in [0.2, 0.25) is 5.02 Å². The minimum absolute atomic E-state index is 0.0369. The fraction of sp³-hybridized carbons (Fsp3) is 0.200. The Balaban J connectivity index is 1.35. The van der Waals surface area contributed by atoms with Crippen molar-refractivity contribution < 1.29 is 24.3 Å². The second kappa shape index (κ2) is 11.7. The number of aromatic hydroxyl groups is 1. The van der Waals surface area contributed by atoms with E-state index in [0.29, 0.717) is 32.0 Å². The summed E-state index contributed by atoms with van der Waals surface area (Å²) in [6.45, 7) is 3.79. The van der Waals surface area contributed by atoms with Gasteiger partial charge < -0.3 is 5.11 Å². The van der Waals surface area contributed by atoms with Gasteiger partial charge in [-0.1, -0.05) is 100 Å². The Kier molecular flexibility index (Phi) is 7.50. The van der Waals surface area contributed by atoms with E-state index in [9.17, 15) is 19.5 Å². The van der Waals surface area contributed by atoms with E-state index in [-0.39, 0.29) is 30.4 Å². The molecule has 2 saturated heterocycles. The number of anilines is 2. The van der Waals surface area contributed by atoms with E-state index >= 15 is 4.79 Å². The first-order chi connectivity index (χ1) is 23.7. The molecule has 0 aromatic heterocycles. The lowest BCUT2D eigenvalue weighted by atomic mass is 9.49. The summed E-state index contributed by atoms with van der Waals surface area (Å²) in [5.74, 6) is -5.17. The standard InChI is InChI=1S/C40H30BrClN2O5/c1-2-22-11-14-26(15-12-22)43-36(46)29-17-16-28-30(34(29)38(43)48)21-32-37(47)44(27-10-6-9-25(42)20-27)39(49)40(32,23-7-4-3-5-8-23)35(28)31-19-24(41)13-18-33(31)45/h2-16,18-20,29-30,32,34-35,45H,1,17,21H2/t29-,30+,32-,34-,35+,40+/m0/s1. The van der Waals surface area contributed by atoms with Gasteiger partial charge in [-0.3, -0.25) is 24.1 Å². The number of phenols is 1. The van der Waals surface area contributed by atoms with E-state index in [1.165, 1.54) is 9.80 Å². The number of rotatable bonds is 5. The molecule has 9 heteroatoms. The molecule has 49 heavy (non-hydrogen) atoms. The van der Waals surface area contributed by atoms with Crippen molar-refractivity contribution in [1.82, 2.24) is 0 Å². The van der Waals surface area contributed by atoms with Crippen molar-refractivity contribution in [3.8, 4) is 5.75 Å². The van der Waals surface area contributed by atoms with E-state index in [2.05, 4.69) is 22.5 Å². The van der Waals surface area contributed by atoms with Gasteiger partial charge in [0.25, 0.3) is 0 Å². The molecule has 0 radical (unpaired) electrons. The van der Waals surface area contributed by atoms with Crippen LogP contribution in [-0.2, 0) is 24.6 Å². The van der Waals surface area contributed by atoms with E-state index < -0.39 is 46.8 Å². The Hall–Kier alpha value is -4.79. The average molecular weight is 734 g/mol. The van der Waals surface area contributed by atoms with E-state index in [1.807, 2.05) is 48.5 Å². The molecule has 2 heterocycles. The zero-order valence-electron chi connectivity index (χ0n) is 26.1. The summed E-state index contributed by atoms with van der Waals surface area (Å²) < 4.78 is 0.682. The number of amides is 4. The molecule has 8 rings (SSSR count). The van der Waals surface area contributed by atoms with Gasteiger partial charge in [-0.2, -0.15) is 0 Å². The highest BCUT2D eigenvalue weighted by atomic mass is 79.9. The van der Waals surface area contributed by atoms with Crippen molar-refractivity contribution in [2.45, 2.75) is 24.2 Å². The van der Waals surface area contributed by atoms with Crippen molar-refractivity contribution in [3.05, 3.63) is 141 Å². The number of carbonyl (C=O) groups is 4. The summed E-state index contributed by atoms with van der Waals surface area (Å²) in [4.78, 5) is 61.0. The molecule has 1 saturated carbocycles. The van der Waals surface area contributed by atoms with E-state index in [1.54, 1.807) is 60.7 Å². The predicted molar refractivity (Wildman–Crippen MR) is 191 cm³/mol. The van der Waals surface area contributed by atoms with Gasteiger partial charge in [0.15, 0.2) is 0 Å². The van der Waals surface area contributed by atoms with Gasteiger partial charge in [0.05, 0.1) is 34.5 Å². The monoisotopic (exact) mass is 732 g/mol. The number of carbonyl (C=O) groups excluding carboxylic acids is 4. The maximum atomic E-state index is 15.3. The molecule has 6 atom stereocenters. The molecule has 244 valence electrons. The molecule has 4 aromatic rings. The zero-order chi connectivity index (χ0) is 34.2. The van der Waals surface area contributed by atoms with Gasteiger partial charge >= 0.3 is 0 Å². The number of nitrogens with zero attached hydrogens (tertiary/aromatic N) is 2. The van der Waals surface area contributed by atoms with Crippen molar-refractivity contribution >= 4 is 68.6 Å².